The van der Waals surface area contributed by atoms with Crippen LogP contribution in [-0.4, -0.2) is 57.4 Å². The minimum atomic E-state index is -5.00. The number of benzene rings is 2. The van der Waals surface area contributed by atoms with E-state index in [9.17, 15) is 31.9 Å². The number of anilines is 1. The number of nitrogens with zero attached hydrogens (tertiary/aromatic N) is 3. The molecule has 4 heterocycles. The van der Waals surface area contributed by atoms with Crippen molar-refractivity contribution < 1.29 is 50.2 Å². The summed E-state index contributed by atoms with van der Waals surface area (Å²) >= 11 is 0. The number of carboxylic acid groups (broad SMARTS) is 1. The van der Waals surface area contributed by atoms with Crippen molar-refractivity contribution in [1.82, 2.24) is 9.72 Å². The molecule has 2 aliphatic heterocycles. The van der Waals surface area contributed by atoms with Gasteiger partial charge >= 0.3 is 12.3 Å². The van der Waals surface area contributed by atoms with E-state index in [1.165, 1.54) is 18.2 Å². The van der Waals surface area contributed by atoms with Crippen LogP contribution < -0.4 is 9.64 Å². The number of hydrogen-bond acceptors (Lipinski definition) is 6. The molecule has 14 heteroatoms. The van der Waals surface area contributed by atoms with Gasteiger partial charge in [0.1, 0.15) is 34.3 Å². The van der Waals surface area contributed by atoms with Gasteiger partial charge in [-0.3, -0.25) is 0 Å². The molecular weight excluding hydrogens is 632 g/mol. The molecule has 2 saturated heterocycles. The van der Waals surface area contributed by atoms with Crippen LogP contribution in [0, 0.1) is 5.92 Å². The number of carboxylic acids is 1. The molecule has 2 aromatic heterocycles. The maximum Gasteiger partial charge on any atom is 0.573 e. The number of piperidine rings is 1. The van der Waals surface area contributed by atoms with E-state index in [1.54, 1.807) is 19.2 Å². The van der Waals surface area contributed by atoms with E-state index in [2.05, 4.69) is 9.89 Å². The molecule has 3 fully saturated rings. The number of halogens is 6. The minimum Gasteiger partial charge on any atom is -0.478 e. The highest BCUT2D eigenvalue weighted by molar-refractivity contribution is 6.09. The van der Waals surface area contributed by atoms with Gasteiger partial charge in [0, 0.05) is 67.2 Å². The number of carbonyl (C=O) groups is 1. The Kier molecular flexibility index (Phi) is 7.49. The SMILES string of the molecule is Cn1c(N2C3CCC2CC(F)(COCc2c(-c4ccccc4OC(F)(F)F)noc2CC2CC2(F)F)C3)c(C(=O)O)c2ccccc21. The average Bonchev–Trinajstić information content (AvgIpc) is 3.22. The highest BCUT2D eigenvalue weighted by Crippen LogP contribution is 2.51. The third-order valence-corrected chi connectivity index (χ3v) is 9.59. The third kappa shape index (κ3) is 5.80. The van der Waals surface area contributed by atoms with E-state index >= 15 is 4.39 Å². The monoisotopic (exact) mass is 663 g/mol. The van der Waals surface area contributed by atoms with Crippen molar-refractivity contribution in [3.05, 3.63) is 65.4 Å². The number of alkyl halides is 6. The van der Waals surface area contributed by atoms with E-state index in [0.29, 0.717) is 24.0 Å². The lowest BCUT2D eigenvalue weighted by molar-refractivity contribution is -0.274. The summed E-state index contributed by atoms with van der Waals surface area (Å²) in [5.74, 6) is -4.96. The van der Waals surface area contributed by atoms with Crippen LogP contribution in [-0.2, 0) is 24.8 Å². The van der Waals surface area contributed by atoms with Gasteiger partial charge in [-0.25, -0.2) is 18.0 Å². The molecule has 0 radical (unpaired) electrons. The smallest absolute Gasteiger partial charge is 0.478 e. The summed E-state index contributed by atoms with van der Waals surface area (Å²) < 4.78 is 101. The Morgan fingerprint density at radius 3 is 2.36 bits per heavy atom. The lowest BCUT2D eigenvalue weighted by Gasteiger charge is -2.43. The number of rotatable bonds is 10. The van der Waals surface area contributed by atoms with Crippen molar-refractivity contribution in [3.8, 4) is 17.0 Å². The first kappa shape index (κ1) is 31.4. The van der Waals surface area contributed by atoms with Gasteiger partial charge in [0.2, 0.25) is 0 Å². The summed E-state index contributed by atoms with van der Waals surface area (Å²) in [4.78, 5) is 14.4. The molecule has 3 aliphatic rings. The second kappa shape index (κ2) is 11.2. The Bertz CT molecular complexity index is 1820. The standard InChI is InChI=1S/C33H31F6N3O5/c1-41-24-8-4-2-6-21(24)27(30(43)44)29(41)42-19-10-11-20(42)15-31(34,14-19)17-45-16-23-26(12-18-13-32(18,35)36)47-40-28(23)22-7-3-5-9-25(22)46-33(37,38)39/h2-9,18-20H,10-17H2,1H3,(H,43,44). The minimum absolute atomic E-state index is 0.0313. The molecule has 2 aromatic carbocycles. The molecule has 3 unspecified atom stereocenters. The summed E-state index contributed by atoms with van der Waals surface area (Å²) in [5, 5.41) is 14.7. The van der Waals surface area contributed by atoms with Crippen LogP contribution >= 0.6 is 0 Å². The molecule has 0 spiro atoms. The molecule has 1 aliphatic carbocycles. The van der Waals surface area contributed by atoms with Crippen LogP contribution in [0.4, 0.5) is 32.2 Å². The van der Waals surface area contributed by atoms with Crippen molar-refractivity contribution in [2.75, 3.05) is 11.5 Å². The van der Waals surface area contributed by atoms with Crippen molar-refractivity contribution in [2.45, 2.75) is 75.2 Å². The Balaban J connectivity index is 1.12. The van der Waals surface area contributed by atoms with Gasteiger partial charge in [0.15, 0.2) is 0 Å². The maximum absolute atomic E-state index is 16.5. The highest BCUT2D eigenvalue weighted by atomic mass is 19.4. The van der Waals surface area contributed by atoms with Gasteiger partial charge in [-0.15, -0.1) is 13.2 Å². The predicted molar refractivity (Wildman–Crippen MR) is 157 cm³/mol. The molecule has 2 bridgehead atoms. The first-order valence-corrected chi connectivity index (χ1v) is 15.3. The van der Waals surface area contributed by atoms with Crippen LogP contribution in [0.3, 0.4) is 0 Å². The van der Waals surface area contributed by atoms with Gasteiger partial charge in [-0.2, -0.15) is 0 Å². The number of fused-ring (bicyclic) bond motifs is 3. The zero-order valence-electron chi connectivity index (χ0n) is 25.2. The number of para-hydroxylation sites is 2. The third-order valence-electron chi connectivity index (χ3n) is 9.59. The zero-order valence-corrected chi connectivity index (χ0v) is 25.2. The molecule has 4 aromatic rings. The fourth-order valence-electron chi connectivity index (χ4n) is 7.44. The predicted octanol–water partition coefficient (Wildman–Crippen LogP) is 7.68. The molecular formula is C33H31F6N3O5. The maximum atomic E-state index is 16.5. The van der Waals surface area contributed by atoms with Crippen molar-refractivity contribution in [3.63, 3.8) is 0 Å². The topological polar surface area (TPSA) is 90.0 Å². The van der Waals surface area contributed by atoms with Gasteiger partial charge in [0.25, 0.3) is 5.92 Å². The Morgan fingerprint density at radius 1 is 1.04 bits per heavy atom. The first-order valence-electron chi connectivity index (χ1n) is 15.3. The van der Waals surface area contributed by atoms with Crippen LogP contribution in [0.15, 0.2) is 53.1 Å². The van der Waals surface area contributed by atoms with E-state index in [-0.39, 0.29) is 79.1 Å². The summed E-state index contributed by atoms with van der Waals surface area (Å²) in [5.41, 5.74) is -0.863. The molecule has 0 amide bonds. The van der Waals surface area contributed by atoms with Gasteiger partial charge in [-0.05, 0) is 31.0 Å². The van der Waals surface area contributed by atoms with E-state index in [0.717, 1.165) is 11.6 Å². The van der Waals surface area contributed by atoms with E-state index in [1.807, 2.05) is 21.6 Å². The fourth-order valence-corrected chi connectivity index (χ4v) is 7.44. The Labute approximate surface area is 264 Å². The molecule has 8 nitrogen and oxygen atoms in total. The van der Waals surface area contributed by atoms with Crippen molar-refractivity contribution in [1.29, 1.82) is 0 Å². The second-order valence-corrected chi connectivity index (χ2v) is 12.8. The van der Waals surface area contributed by atoms with Gasteiger partial charge in [-0.1, -0.05) is 35.5 Å². The number of hydrogen-bond donors (Lipinski definition) is 1. The van der Waals surface area contributed by atoms with E-state index in [4.69, 9.17) is 9.26 Å². The van der Waals surface area contributed by atoms with Crippen molar-refractivity contribution in [2.24, 2.45) is 13.0 Å². The number of aromatic nitrogens is 2. The van der Waals surface area contributed by atoms with Crippen LogP contribution in [0.1, 0.15) is 53.8 Å². The largest absolute Gasteiger partial charge is 0.573 e. The lowest BCUT2D eigenvalue weighted by atomic mass is 9.88. The average molecular weight is 664 g/mol. The molecule has 1 saturated carbocycles. The number of ether oxygens (including phenoxy) is 2. The van der Waals surface area contributed by atoms with Crippen molar-refractivity contribution >= 4 is 22.7 Å². The summed E-state index contributed by atoms with van der Waals surface area (Å²) in [6.07, 6.45) is -4.14. The normalized spacial score (nSPS) is 25.0. The highest BCUT2D eigenvalue weighted by Gasteiger charge is 2.57. The molecule has 1 N–H and O–H groups in total. The fraction of sp³-hybridized carbons (Fsp3) is 0.455. The number of aromatic carboxylic acids is 1. The van der Waals surface area contributed by atoms with Crippen LogP contribution in [0.5, 0.6) is 5.75 Å². The molecule has 47 heavy (non-hydrogen) atoms. The number of aryl methyl sites for hydroxylation is 1. The first-order chi connectivity index (χ1) is 22.2. The van der Waals surface area contributed by atoms with Gasteiger partial charge in [0.05, 0.1) is 18.7 Å². The second-order valence-electron chi connectivity index (χ2n) is 12.8. The zero-order chi connectivity index (χ0) is 33.3. The Morgan fingerprint density at radius 2 is 1.70 bits per heavy atom. The molecule has 250 valence electrons. The summed E-state index contributed by atoms with van der Waals surface area (Å²) in [6.45, 7) is -0.719. The summed E-state index contributed by atoms with van der Waals surface area (Å²) in [7, 11) is 1.80. The summed E-state index contributed by atoms with van der Waals surface area (Å²) in [6, 6.07) is 11.9. The van der Waals surface area contributed by atoms with Gasteiger partial charge < -0.3 is 28.6 Å². The van der Waals surface area contributed by atoms with Crippen LogP contribution in [0.25, 0.3) is 22.2 Å². The van der Waals surface area contributed by atoms with E-state index < -0.39 is 35.6 Å². The van der Waals surface area contributed by atoms with Crippen LogP contribution in [0.2, 0.25) is 0 Å². The molecule has 7 rings (SSSR count). The molecule has 3 atom stereocenters. The Hall–Kier alpha value is -4.20. The quantitative estimate of drug-likeness (QED) is 0.174. The lowest BCUT2D eigenvalue weighted by Crippen LogP contribution is -2.52.